The average Bonchev–Trinajstić information content (AvgIpc) is 2.56. The molecule has 88 valence electrons. The molecule has 1 atom stereocenters. The van der Waals surface area contributed by atoms with Crippen LogP contribution in [0.4, 0.5) is 0 Å². The number of likely N-dealkylation sites (tertiary alicyclic amines) is 1. The van der Waals surface area contributed by atoms with Gasteiger partial charge in [-0.3, -0.25) is 4.72 Å². The second-order valence-corrected chi connectivity index (χ2v) is 5.21. The molecule has 1 heterocycles. The van der Waals surface area contributed by atoms with E-state index in [1.807, 2.05) is 6.08 Å². The molecule has 2 rings (SSSR count). The van der Waals surface area contributed by atoms with Crippen LogP contribution in [0.2, 0.25) is 0 Å². The van der Waals surface area contributed by atoms with Crippen molar-refractivity contribution in [2.24, 2.45) is 5.73 Å². The molecule has 0 aromatic rings. The Balaban J connectivity index is 1.87. The van der Waals surface area contributed by atoms with Crippen LogP contribution in [0.25, 0.3) is 0 Å². The molecule has 0 bridgehead atoms. The van der Waals surface area contributed by atoms with E-state index in [-0.39, 0.29) is 0 Å². The summed E-state index contributed by atoms with van der Waals surface area (Å²) >= 11 is 1.66. The third-order valence-electron chi connectivity index (χ3n) is 2.85. The van der Waals surface area contributed by atoms with Gasteiger partial charge in [-0.2, -0.15) is 0 Å². The van der Waals surface area contributed by atoms with Crippen molar-refractivity contribution in [1.29, 1.82) is 0 Å². The van der Waals surface area contributed by atoms with Crippen molar-refractivity contribution in [2.75, 3.05) is 20.1 Å². The molecular formula is C12H19N3S. The fourth-order valence-corrected chi connectivity index (χ4v) is 2.73. The largest absolute Gasteiger partial charge is 0.398 e. The molecule has 1 fully saturated rings. The van der Waals surface area contributed by atoms with E-state index in [1.165, 1.54) is 13.0 Å². The third-order valence-corrected chi connectivity index (χ3v) is 3.89. The number of hydrogen-bond donors (Lipinski definition) is 2. The number of nitrogens with one attached hydrogen (secondary N) is 1. The van der Waals surface area contributed by atoms with Gasteiger partial charge in [-0.05, 0) is 50.5 Å². The van der Waals surface area contributed by atoms with Gasteiger partial charge in [0.1, 0.15) is 0 Å². The highest BCUT2D eigenvalue weighted by Gasteiger charge is 2.19. The van der Waals surface area contributed by atoms with Crippen LogP contribution in [0.15, 0.2) is 34.9 Å². The molecule has 4 heteroatoms. The number of nitrogens with zero attached hydrogens (tertiary/aromatic N) is 1. The summed E-state index contributed by atoms with van der Waals surface area (Å²) in [5.74, 6) is 0. The molecular weight excluding hydrogens is 218 g/mol. The molecule has 2 aliphatic rings. The molecule has 1 aliphatic carbocycles. The standard InChI is InChI=1S/C12H19N3S/c1-15-8-7-10(9-15)14-16-12-6-4-2-3-5-11(12)13/h3-6,10,14H,2,7-9,13H2,1H3. The Morgan fingerprint density at radius 3 is 3.00 bits per heavy atom. The van der Waals surface area contributed by atoms with Crippen molar-refractivity contribution in [3.63, 3.8) is 0 Å². The fraction of sp³-hybridized carbons (Fsp3) is 0.500. The van der Waals surface area contributed by atoms with Crippen molar-refractivity contribution in [3.8, 4) is 0 Å². The topological polar surface area (TPSA) is 41.3 Å². The first-order valence-electron chi connectivity index (χ1n) is 5.69. The van der Waals surface area contributed by atoms with Crippen LogP contribution in [0.5, 0.6) is 0 Å². The minimum absolute atomic E-state index is 0.580. The molecule has 1 unspecified atom stereocenters. The molecule has 0 aromatic heterocycles. The van der Waals surface area contributed by atoms with Gasteiger partial charge in [0.2, 0.25) is 0 Å². The Bertz CT molecular complexity index is 333. The van der Waals surface area contributed by atoms with Gasteiger partial charge in [0, 0.05) is 23.2 Å². The summed E-state index contributed by atoms with van der Waals surface area (Å²) in [6, 6.07) is 0.580. The minimum atomic E-state index is 0.580. The highest BCUT2D eigenvalue weighted by Crippen LogP contribution is 2.21. The van der Waals surface area contributed by atoms with Gasteiger partial charge >= 0.3 is 0 Å². The van der Waals surface area contributed by atoms with Crippen LogP contribution >= 0.6 is 11.9 Å². The molecule has 0 aromatic carbocycles. The third kappa shape index (κ3) is 3.14. The van der Waals surface area contributed by atoms with Gasteiger partial charge in [0.15, 0.2) is 0 Å². The van der Waals surface area contributed by atoms with Crippen molar-refractivity contribution < 1.29 is 0 Å². The maximum absolute atomic E-state index is 5.96. The number of likely N-dealkylation sites (N-methyl/N-ethyl adjacent to an activating group) is 1. The molecule has 1 aliphatic heterocycles. The van der Waals surface area contributed by atoms with E-state index in [4.69, 9.17) is 5.73 Å². The zero-order chi connectivity index (χ0) is 11.4. The first-order chi connectivity index (χ1) is 7.75. The van der Waals surface area contributed by atoms with E-state index in [2.05, 4.69) is 34.9 Å². The van der Waals surface area contributed by atoms with Crippen molar-refractivity contribution in [1.82, 2.24) is 9.62 Å². The van der Waals surface area contributed by atoms with Gasteiger partial charge in [0.25, 0.3) is 0 Å². The van der Waals surface area contributed by atoms with Crippen molar-refractivity contribution >= 4 is 11.9 Å². The summed E-state index contributed by atoms with van der Waals surface area (Å²) in [4.78, 5) is 3.47. The van der Waals surface area contributed by atoms with Crippen LogP contribution in [0, 0.1) is 0 Å². The molecule has 16 heavy (non-hydrogen) atoms. The van der Waals surface area contributed by atoms with Gasteiger partial charge in [0.05, 0.1) is 0 Å². The molecule has 0 saturated carbocycles. The lowest BCUT2D eigenvalue weighted by Crippen LogP contribution is -2.26. The van der Waals surface area contributed by atoms with Crippen LogP contribution in [-0.4, -0.2) is 31.1 Å². The van der Waals surface area contributed by atoms with Crippen molar-refractivity contribution in [2.45, 2.75) is 18.9 Å². The lowest BCUT2D eigenvalue weighted by Gasteiger charge is -2.12. The quantitative estimate of drug-likeness (QED) is 0.732. The van der Waals surface area contributed by atoms with E-state index < -0.39 is 0 Å². The summed E-state index contributed by atoms with van der Waals surface area (Å²) in [6.45, 7) is 2.31. The fourth-order valence-electron chi connectivity index (χ4n) is 1.90. The maximum Gasteiger partial charge on any atom is 0.0462 e. The molecule has 3 nitrogen and oxygen atoms in total. The molecule has 0 amide bonds. The van der Waals surface area contributed by atoms with E-state index >= 15 is 0 Å². The highest BCUT2D eigenvalue weighted by atomic mass is 32.2. The smallest absolute Gasteiger partial charge is 0.0462 e. The second kappa shape index (κ2) is 5.57. The lowest BCUT2D eigenvalue weighted by atomic mass is 10.3. The minimum Gasteiger partial charge on any atom is -0.398 e. The first-order valence-corrected chi connectivity index (χ1v) is 6.51. The van der Waals surface area contributed by atoms with Gasteiger partial charge < -0.3 is 10.6 Å². The summed E-state index contributed by atoms with van der Waals surface area (Å²) in [5, 5.41) is 0. The Kier molecular flexibility index (Phi) is 4.09. The van der Waals surface area contributed by atoms with Gasteiger partial charge in [-0.25, -0.2) is 0 Å². The predicted molar refractivity (Wildman–Crippen MR) is 70.7 cm³/mol. The molecule has 0 spiro atoms. The molecule has 1 saturated heterocycles. The first kappa shape index (κ1) is 11.8. The van der Waals surface area contributed by atoms with Crippen LogP contribution in [0.1, 0.15) is 12.8 Å². The van der Waals surface area contributed by atoms with E-state index in [0.717, 1.165) is 23.6 Å². The normalized spacial score (nSPS) is 26.4. The van der Waals surface area contributed by atoms with E-state index in [1.54, 1.807) is 11.9 Å². The number of nitrogens with two attached hydrogens (primary N) is 1. The Morgan fingerprint density at radius 1 is 1.44 bits per heavy atom. The number of rotatable bonds is 3. The summed E-state index contributed by atoms with van der Waals surface area (Å²) in [5.41, 5.74) is 6.82. The van der Waals surface area contributed by atoms with E-state index in [9.17, 15) is 0 Å². The Hall–Kier alpha value is -0.710. The maximum atomic E-state index is 5.96. The highest BCUT2D eigenvalue weighted by molar-refractivity contribution is 8.01. The zero-order valence-electron chi connectivity index (χ0n) is 9.65. The summed E-state index contributed by atoms with van der Waals surface area (Å²) in [6.07, 6.45) is 10.5. The van der Waals surface area contributed by atoms with Crippen molar-refractivity contribution in [3.05, 3.63) is 34.9 Å². The number of allylic oxidation sites excluding steroid dienone is 4. The monoisotopic (exact) mass is 237 g/mol. The second-order valence-electron chi connectivity index (χ2n) is 4.33. The SMILES string of the molecule is CN1CCC(NSC2=C(N)C=CCC=C2)C1. The lowest BCUT2D eigenvalue weighted by molar-refractivity contribution is 0.409. The van der Waals surface area contributed by atoms with Crippen LogP contribution in [0.3, 0.4) is 0 Å². The van der Waals surface area contributed by atoms with Gasteiger partial charge in [-0.1, -0.05) is 12.2 Å². The summed E-state index contributed by atoms with van der Waals surface area (Å²) < 4.78 is 3.49. The zero-order valence-corrected chi connectivity index (χ0v) is 10.5. The Morgan fingerprint density at radius 2 is 2.25 bits per heavy atom. The Labute approximate surface area is 102 Å². The van der Waals surface area contributed by atoms with Crippen LogP contribution < -0.4 is 10.5 Å². The molecule has 3 N–H and O–H groups in total. The average molecular weight is 237 g/mol. The summed E-state index contributed by atoms with van der Waals surface area (Å²) in [7, 11) is 2.16. The number of hydrogen-bond acceptors (Lipinski definition) is 4. The predicted octanol–water partition coefficient (Wildman–Crippen LogP) is 1.61. The molecule has 0 radical (unpaired) electrons. The van der Waals surface area contributed by atoms with Gasteiger partial charge in [-0.15, -0.1) is 0 Å². The van der Waals surface area contributed by atoms with Crippen LogP contribution in [-0.2, 0) is 0 Å². The van der Waals surface area contributed by atoms with E-state index in [0.29, 0.717) is 6.04 Å².